The third kappa shape index (κ3) is 6.02. The number of nitrogens with zero attached hydrogens (tertiary/aromatic N) is 1. The van der Waals surface area contributed by atoms with E-state index in [1.165, 1.54) is 0 Å². The number of ether oxygens (including phenoxy) is 1. The first kappa shape index (κ1) is 22.8. The third-order valence-electron chi connectivity index (χ3n) is 4.93. The van der Waals surface area contributed by atoms with Crippen molar-refractivity contribution in [1.82, 2.24) is 10.2 Å². The highest BCUT2D eigenvalue weighted by atomic mass is 35.5. The summed E-state index contributed by atoms with van der Waals surface area (Å²) in [6.07, 6.45) is 1.57. The molecule has 2 amide bonds. The van der Waals surface area contributed by atoms with Gasteiger partial charge in [-0.1, -0.05) is 29.3 Å². The van der Waals surface area contributed by atoms with Crippen LogP contribution < -0.4 is 5.32 Å². The first-order valence-electron chi connectivity index (χ1n) is 9.62. The molecular weight excluding hydrogens is 399 g/mol. The van der Waals surface area contributed by atoms with Crippen molar-refractivity contribution >= 4 is 35.2 Å². The lowest BCUT2D eigenvalue weighted by atomic mass is 9.83. The molecule has 0 aliphatic carbocycles. The minimum atomic E-state index is -0.742. The lowest BCUT2D eigenvalue weighted by Gasteiger charge is -2.34. The molecule has 1 heterocycles. The summed E-state index contributed by atoms with van der Waals surface area (Å²) >= 11 is 12.1. The Balaban J connectivity index is 1.94. The quantitative estimate of drug-likeness (QED) is 0.730. The summed E-state index contributed by atoms with van der Waals surface area (Å²) in [6.45, 7) is 11.1. The molecule has 1 unspecified atom stereocenters. The van der Waals surface area contributed by atoms with Gasteiger partial charge >= 0.3 is 6.09 Å². The molecule has 1 fully saturated rings. The SMILES string of the molecule is CC(C)(C)OC(=O)N1CCCC(CNC(=O)C(C)(C)c2ccc(Cl)c(Cl)c2)C1. The second kappa shape index (κ2) is 8.91. The molecule has 1 aliphatic rings. The van der Waals surface area contributed by atoms with E-state index in [2.05, 4.69) is 5.32 Å². The molecule has 1 aliphatic heterocycles. The van der Waals surface area contributed by atoms with Crippen LogP contribution in [0.3, 0.4) is 0 Å². The van der Waals surface area contributed by atoms with E-state index in [1.54, 1.807) is 17.0 Å². The lowest BCUT2D eigenvalue weighted by Crippen LogP contribution is -2.47. The van der Waals surface area contributed by atoms with Crippen LogP contribution in [-0.4, -0.2) is 42.1 Å². The number of carbonyl (C=O) groups is 2. The first-order valence-corrected chi connectivity index (χ1v) is 10.4. The number of nitrogens with one attached hydrogen (secondary N) is 1. The summed E-state index contributed by atoms with van der Waals surface area (Å²) in [5.74, 6) is 0.120. The van der Waals surface area contributed by atoms with E-state index >= 15 is 0 Å². The minimum absolute atomic E-state index is 0.0831. The minimum Gasteiger partial charge on any atom is -0.444 e. The van der Waals surface area contributed by atoms with Crippen molar-refractivity contribution in [2.24, 2.45) is 5.92 Å². The van der Waals surface area contributed by atoms with Gasteiger partial charge in [0.1, 0.15) is 5.60 Å². The van der Waals surface area contributed by atoms with Crippen molar-refractivity contribution in [3.05, 3.63) is 33.8 Å². The van der Waals surface area contributed by atoms with Crippen molar-refractivity contribution in [1.29, 1.82) is 0 Å². The maximum atomic E-state index is 12.8. The number of piperidine rings is 1. The molecule has 0 aromatic heterocycles. The van der Waals surface area contributed by atoms with E-state index in [0.717, 1.165) is 18.4 Å². The van der Waals surface area contributed by atoms with Crippen LogP contribution in [0.5, 0.6) is 0 Å². The molecule has 156 valence electrons. The Bertz CT molecular complexity index is 729. The molecule has 0 spiro atoms. The van der Waals surface area contributed by atoms with Crippen molar-refractivity contribution in [3.63, 3.8) is 0 Å². The molecule has 1 aromatic rings. The van der Waals surface area contributed by atoms with Crippen LogP contribution in [0.15, 0.2) is 18.2 Å². The summed E-state index contributed by atoms with van der Waals surface area (Å²) in [5, 5.41) is 3.93. The Hall–Kier alpha value is -1.46. The molecular formula is C21H30Cl2N2O3. The molecule has 2 rings (SSSR count). The number of carbonyl (C=O) groups excluding carboxylic acids is 2. The standard InChI is InChI=1S/C21H30Cl2N2O3/c1-20(2,3)28-19(27)25-10-6-7-14(13-25)12-24-18(26)21(4,5)15-8-9-16(22)17(23)11-15/h8-9,11,14H,6-7,10,12-13H2,1-5H3,(H,24,26). The number of hydrogen-bond acceptors (Lipinski definition) is 3. The second-order valence-electron chi connectivity index (χ2n) is 8.90. The molecule has 1 atom stereocenters. The number of hydrogen-bond donors (Lipinski definition) is 1. The monoisotopic (exact) mass is 428 g/mol. The molecule has 7 heteroatoms. The fourth-order valence-electron chi connectivity index (χ4n) is 3.20. The van der Waals surface area contributed by atoms with E-state index in [0.29, 0.717) is 29.7 Å². The molecule has 0 saturated carbocycles. The zero-order valence-corrected chi connectivity index (χ0v) is 18.8. The number of halogens is 2. The summed E-state index contributed by atoms with van der Waals surface area (Å²) in [7, 11) is 0. The molecule has 0 radical (unpaired) electrons. The first-order chi connectivity index (χ1) is 12.9. The molecule has 0 bridgehead atoms. The van der Waals surface area contributed by atoms with Gasteiger partial charge in [-0.05, 0) is 71.1 Å². The van der Waals surface area contributed by atoms with Crippen molar-refractivity contribution in [3.8, 4) is 0 Å². The van der Waals surface area contributed by atoms with Gasteiger partial charge in [-0.25, -0.2) is 4.79 Å². The Kier molecular flexibility index (Phi) is 7.27. The highest BCUT2D eigenvalue weighted by Gasteiger charge is 2.32. The number of rotatable bonds is 4. The van der Waals surface area contributed by atoms with Gasteiger partial charge in [0, 0.05) is 19.6 Å². The Labute approximate surface area is 177 Å². The van der Waals surface area contributed by atoms with E-state index in [4.69, 9.17) is 27.9 Å². The van der Waals surface area contributed by atoms with Crippen LogP contribution >= 0.6 is 23.2 Å². The molecule has 1 N–H and O–H groups in total. The lowest BCUT2D eigenvalue weighted by molar-refractivity contribution is -0.125. The summed E-state index contributed by atoms with van der Waals surface area (Å²) in [5.41, 5.74) is -0.450. The zero-order valence-electron chi connectivity index (χ0n) is 17.3. The van der Waals surface area contributed by atoms with Crippen LogP contribution in [0.1, 0.15) is 53.0 Å². The van der Waals surface area contributed by atoms with Crippen molar-refractivity contribution in [2.45, 2.75) is 58.5 Å². The predicted octanol–water partition coefficient (Wildman–Crippen LogP) is 5.03. The molecule has 1 saturated heterocycles. The maximum Gasteiger partial charge on any atom is 0.410 e. The Morgan fingerprint density at radius 3 is 2.46 bits per heavy atom. The van der Waals surface area contributed by atoms with Crippen molar-refractivity contribution in [2.75, 3.05) is 19.6 Å². The molecule has 28 heavy (non-hydrogen) atoms. The smallest absolute Gasteiger partial charge is 0.410 e. The average Bonchev–Trinajstić information content (AvgIpc) is 2.60. The van der Waals surface area contributed by atoms with E-state index in [9.17, 15) is 9.59 Å². The molecule has 5 nitrogen and oxygen atoms in total. The van der Waals surface area contributed by atoms with Gasteiger partial charge in [-0.2, -0.15) is 0 Å². The largest absolute Gasteiger partial charge is 0.444 e. The molecule has 1 aromatic carbocycles. The van der Waals surface area contributed by atoms with Gasteiger partial charge in [0.15, 0.2) is 0 Å². The van der Waals surface area contributed by atoms with Crippen LogP contribution in [-0.2, 0) is 14.9 Å². The average molecular weight is 429 g/mol. The second-order valence-corrected chi connectivity index (χ2v) is 9.71. The topological polar surface area (TPSA) is 58.6 Å². The van der Waals surface area contributed by atoms with E-state index in [1.807, 2.05) is 40.7 Å². The van der Waals surface area contributed by atoms with E-state index in [-0.39, 0.29) is 17.9 Å². The van der Waals surface area contributed by atoms with Crippen LogP contribution in [0, 0.1) is 5.92 Å². The van der Waals surface area contributed by atoms with Crippen molar-refractivity contribution < 1.29 is 14.3 Å². The summed E-state index contributed by atoms with van der Waals surface area (Å²) in [4.78, 5) is 26.8. The Morgan fingerprint density at radius 1 is 1.18 bits per heavy atom. The normalized spacial score (nSPS) is 18.0. The van der Waals surface area contributed by atoms with Gasteiger partial charge in [0.2, 0.25) is 5.91 Å². The maximum absolute atomic E-state index is 12.8. The number of likely N-dealkylation sites (tertiary alicyclic amines) is 1. The highest BCUT2D eigenvalue weighted by molar-refractivity contribution is 6.42. The fraction of sp³-hybridized carbons (Fsp3) is 0.619. The number of amides is 2. The van der Waals surface area contributed by atoms with Crippen LogP contribution in [0.2, 0.25) is 10.0 Å². The Morgan fingerprint density at radius 2 is 1.86 bits per heavy atom. The summed E-state index contributed by atoms with van der Waals surface area (Å²) < 4.78 is 5.46. The van der Waals surface area contributed by atoms with Gasteiger partial charge in [-0.15, -0.1) is 0 Å². The van der Waals surface area contributed by atoms with Gasteiger partial charge in [0.25, 0.3) is 0 Å². The van der Waals surface area contributed by atoms with Crippen LogP contribution in [0.4, 0.5) is 4.79 Å². The van der Waals surface area contributed by atoms with Crippen LogP contribution in [0.25, 0.3) is 0 Å². The fourth-order valence-corrected chi connectivity index (χ4v) is 3.50. The zero-order chi connectivity index (χ0) is 21.1. The third-order valence-corrected chi connectivity index (χ3v) is 5.67. The van der Waals surface area contributed by atoms with Gasteiger partial charge in [0.05, 0.1) is 15.5 Å². The van der Waals surface area contributed by atoms with E-state index < -0.39 is 11.0 Å². The number of benzene rings is 1. The highest BCUT2D eigenvalue weighted by Crippen LogP contribution is 2.30. The van der Waals surface area contributed by atoms with Gasteiger partial charge < -0.3 is 15.0 Å². The predicted molar refractivity (Wildman–Crippen MR) is 113 cm³/mol. The van der Waals surface area contributed by atoms with Gasteiger partial charge in [-0.3, -0.25) is 4.79 Å². The summed E-state index contributed by atoms with van der Waals surface area (Å²) in [6, 6.07) is 5.25.